The average molecular weight is 287 g/mol. The summed E-state index contributed by atoms with van der Waals surface area (Å²) in [5.74, 6) is 0. The number of hydrogen-bond acceptors (Lipinski definition) is 2. The molecule has 1 aromatic carbocycles. The van der Waals surface area contributed by atoms with Crippen LogP contribution in [0.25, 0.3) is 10.9 Å². The van der Waals surface area contributed by atoms with Gasteiger partial charge in [0.2, 0.25) is 0 Å². The highest BCUT2D eigenvalue weighted by Gasteiger charge is 2.26. The number of urea groups is 1. The van der Waals surface area contributed by atoms with Gasteiger partial charge in [0.05, 0.1) is 5.69 Å². The van der Waals surface area contributed by atoms with Crippen molar-refractivity contribution in [2.45, 2.75) is 31.7 Å². The lowest BCUT2D eigenvalue weighted by Crippen LogP contribution is -2.46. The highest BCUT2D eigenvalue weighted by atomic mass is 16.3. The highest BCUT2D eigenvalue weighted by Crippen LogP contribution is 2.25. The molecule has 0 aliphatic carbocycles. The molecule has 1 aliphatic rings. The summed E-state index contributed by atoms with van der Waals surface area (Å²) in [6.45, 7) is 0.889. The number of anilines is 1. The molecule has 21 heavy (non-hydrogen) atoms. The minimum atomic E-state index is -0.0714. The predicted molar refractivity (Wildman–Crippen MR) is 83.4 cm³/mol. The number of aromatic amines is 1. The molecular formula is C16H21N3O2. The number of aliphatic hydroxyl groups is 1. The molecule has 1 aliphatic heterocycles. The molecule has 0 bridgehead atoms. The van der Waals surface area contributed by atoms with E-state index in [0.29, 0.717) is 6.42 Å². The van der Waals surface area contributed by atoms with Crippen molar-refractivity contribution in [1.29, 1.82) is 0 Å². The Morgan fingerprint density at radius 3 is 3.10 bits per heavy atom. The molecule has 0 saturated carbocycles. The Morgan fingerprint density at radius 1 is 1.38 bits per heavy atom. The predicted octanol–water partition coefficient (Wildman–Crippen LogP) is 2.94. The first-order valence-corrected chi connectivity index (χ1v) is 7.54. The Morgan fingerprint density at radius 2 is 2.24 bits per heavy atom. The molecular weight excluding hydrogens is 266 g/mol. The van der Waals surface area contributed by atoms with Gasteiger partial charge in [-0.25, -0.2) is 4.79 Å². The van der Waals surface area contributed by atoms with E-state index in [-0.39, 0.29) is 18.7 Å². The van der Waals surface area contributed by atoms with Gasteiger partial charge in [0.1, 0.15) is 0 Å². The smallest absolute Gasteiger partial charge is 0.322 e. The van der Waals surface area contributed by atoms with Crippen LogP contribution < -0.4 is 5.32 Å². The van der Waals surface area contributed by atoms with Crippen molar-refractivity contribution in [1.82, 2.24) is 9.88 Å². The minimum absolute atomic E-state index is 0.0714. The number of para-hydroxylation sites is 1. The van der Waals surface area contributed by atoms with Gasteiger partial charge in [-0.15, -0.1) is 0 Å². The number of likely N-dealkylation sites (tertiary alicyclic amines) is 1. The van der Waals surface area contributed by atoms with E-state index < -0.39 is 0 Å². The van der Waals surface area contributed by atoms with E-state index in [9.17, 15) is 4.79 Å². The topological polar surface area (TPSA) is 68.4 Å². The van der Waals surface area contributed by atoms with E-state index >= 15 is 0 Å². The van der Waals surface area contributed by atoms with Gasteiger partial charge >= 0.3 is 6.03 Å². The summed E-state index contributed by atoms with van der Waals surface area (Å²) in [5.41, 5.74) is 1.82. The van der Waals surface area contributed by atoms with E-state index in [1.165, 1.54) is 0 Å². The summed E-state index contributed by atoms with van der Waals surface area (Å²) in [6, 6.07) is 7.98. The van der Waals surface area contributed by atoms with E-state index in [1.807, 2.05) is 35.4 Å². The number of benzene rings is 1. The monoisotopic (exact) mass is 287 g/mol. The van der Waals surface area contributed by atoms with Gasteiger partial charge in [0, 0.05) is 36.3 Å². The number of fused-ring (bicyclic) bond motifs is 1. The van der Waals surface area contributed by atoms with Gasteiger partial charge in [0.25, 0.3) is 0 Å². The summed E-state index contributed by atoms with van der Waals surface area (Å²) < 4.78 is 0. The van der Waals surface area contributed by atoms with Crippen molar-refractivity contribution in [3.63, 3.8) is 0 Å². The number of H-pyrrole nitrogens is 1. The molecule has 1 atom stereocenters. The second-order valence-electron chi connectivity index (χ2n) is 5.53. The molecule has 1 aromatic heterocycles. The van der Waals surface area contributed by atoms with Crippen LogP contribution in [-0.2, 0) is 0 Å². The third-order valence-electron chi connectivity index (χ3n) is 4.18. The minimum Gasteiger partial charge on any atom is -0.396 e. The molecule has 2 heterocycles. The lowest BCUT2D eigenvalue weighted by molar-refractivity contribution is 0.141. The number of nitrogens with one attached hydrogen (secondary N) is 2. The number of rotatable bonds is 3. The number of nitrogens with zero attached hydrogens (tertiary/aromatic N) is 1. The number of aromatic nitrogens is 1. The lowest BCUT2D eigenvalue weighted by atomic mass is 10.0. The van der Waals surface area contributed by atoms with Crippen molar-refractivity contribution in [2.75, 3.05) is 18.5 Å². The van der Waals surface area contributed by atoms with Crippen molar-refractivity contribution < 1.29 is 9.90 Å². The van der Waals surface area contributed by atoms with Gasteiger partial charge in [-0.05, 0) is 31.7 Å². The van der Waals surface area contributed by atoms with Gasteiger partial charge < -0.3 is 20.3 Å². The lowest BCUT2D eigenvalue weighted by Gasteiger charge is -2.35. The number of piperidine rings is 1. The normalized spacial score (nSPS) is 18.9. The van der Waals surface area contributed by atoms with Crippen molar-refractivity contribution >= 4 is 22.6 Å². The van der Waals surface area contributed by atoms with Crippen molar-refractivity contribution in [2.24, 2.45) is 0 Å². The van der Waals surface area contributed by atoms with Crippen LogP contribution in [-0.4, -0.2) is 40.2 Å². The fourth-order valence-electron chi connectivity index (χ4n) is 3.08. The highest BCUT2D eigenvalue weighted by molar-refractivity contribution is 6.01. The Hall–Kier alpha value is -2.01. The molecule has 5 nitrogen and oxygen atoms in total. The molecule has 1 unspecified atom stereocenters. The maximum atomic E-state index is 12.5. The molecule has 5 heteroatoms. The van der Waals surface area contributed by atoms with E-state index in [2.05, 4.69) is 10.3 Å². The second kappa shape index (κ2) is 6.18. The van der Waals surface area contributed by atoms with Gasteiger partial charge in [-0.2, -0.15) is 0 Å². The Labute approximate surface area is 124 Å². The summed E-state index contributed by atoms with van der Waals surface area (Å²) in [4.78, 5) is 17.5. The first kappa shape index (κ1) is 13.9. The van der Waals surface area contributed by atoms with E-state index in [4.69, 9.17) is 5.11 Å². The van der Waals surface area contributed by atoms with Crippen LogP contribution in [0.3, 0.4) is 0 Å². The molecule has 2 aromatic rings. The number of amides is 2. The SMILES string of the molecule is O=C(Nc1c[nH]c2ccccc12)N1CCCCC1CCO. The molecule has 1 saturated heterocycles. The molecule has 2 amide bonds. The van der Waals surface area contributed by atoms with Gasteiger partial charge in [-0.1, -0.05) is 18.2 Å². The third kappa shape index (κ3) is 2.88. The molecule has 3 N–H and O–H groups in total. The van der Waals surface area contributed by atoms with Gasteiger partial charge in [-0.3, -0.25) is 0 Å². The Balaban J connectivity index is 1.75. The van der Waals surface area contributed by atoms with Gasteiger partial charge in [0.15, 0.2) is 0 Å². The first-order chi connectivity index (χ1) is 10.3. The molecule has 0 radical (unpaired) electrons. The molecule has 0 spiro atoms. The second-order valence-corrected chi connectivity index (χ2v) is 5.53. The van der Waals surface area contributed by atoms with Crippen LogP contribution in [0.15, 0.2) is 30.5 Å². The molecule has 3 rings (SSSR count). The maximum Gasteiger partial charge on any atom is 0.322 e. The van der Waals surface area contributed by atoms with Crippen molar-refractivity contribution in [3.05, 3.63) is 30.5 Å². The van der Waals surface area contributed by atoms with Crippen molar-refractivity contribution in [3.8, 4) is 0 Å². The number of hydrogen-bond donors (Lipinski definition) is 3. The van der Waals surface area contributed by atoms with Crippen LogP contribution in [0.4, 0.5) is 10.5 Å². The maximum absolute atomic E-state index is 12.5. The zero-order valence-electron chi connectivity index (χ0n) is 12.0. The Kier molecular flexibility index (Phi) is 4.10. The fourth-order valence-corrected chi connectivity index (χ4v) is 3.08. The number of carbonyl (C=O) groups is 1. The van der Waals surface area contributed by atoms with E-state index in [1.54, 1.807) is 0 Å². The zero-order chi connectivity index (χ0) is 14.7. The standard InChI is InChI=1S/C16H21N3O2/c20-10-8-12-5-3-4-9-19(12)16(21)18-15-11-17-14-7-2-1-6-13(14)15/h1-2,6-7,11-12,17,20H,3-5,8-10H2,(H,18,21). The number of aliphatic hydroxyl groups excluding tert-OH is 1. The van der Waals surface area contributed by atoms with Crippen LogP contribution >= 0.6 is 0 Å². The van der Waals surface area contributed by atoms with Crippen LogP contribution in [0.2, 0.25) is 0 Å². The Bertz CT molecular complexity index is 621. The van der Waals surface area contributed by atoms with E-state index in [0.717, 1.165) is 42.4 Å². The summed E-state index contributed by atoms with van der Waals surface area (Å²) in [6.07, 6.45) is 5.61. The summed E-state index contributed by atoms with van der Waals surface area (Å²) in [7, 11) is 0. The average Bonchev–Trinajstić information content (AvgIpc) is 2.91. The van der Waals surface area contributed by atoms with Crippen LogP contribution in [0.1, 0.15) is 25.7 Å². The molecule has 1 fully saturated rings. The van der Waals surface area contributed by atoms with Crippen LogP contribution in [0, 0.1) is 0 Å². The summed E-state index contributed by atoms with van der Waals surface area (Å²) in [5, 5.41) is 13.2. The zero-order valence-corrected chi connectivity index (χ0v) is 12.0. The first-order valence-electron chi connectivity index (χ1n) is 7.54. The summed E-state index contributed by atoms with van der Waals surface area (Å²) >= 11 is 0. The largest absolute Gasteiger partial charge is 0.396 e. The fraction of sp³-hybridized carbons (Fsp3) is 0.438. The molecule has 112 valence electrons. The quantitative estimate of drug-likeness (QED) is 0.812. The third-order valence-corrected chi connectivity index (χ3v) is 4.18. The number of carbonyl (C=O) groups excluding carboxylic acids is 1. The van der Waals surface area contributed by atoms with Crippen LogP contribution in [0.5, 0.6) is 0 Å².